The van der Waals surface area contributed by atoms with Crippen LogP contribution in [-0.4, -0.2) is 19.4 Å². The molecule has 0 aromatic heterocycles. The third-order valence-electron chi connectivity index (χ3n) is 3.35. The van der Waals surface area contributed by atoms with E-state index in [9.17, 15) is 0 Å². The molecule has 0 bridgehead atoms. The molecule has 0 aliphatic heterocycles. The average molecular weight is 217 g/mol. The van der Waals surface area contributed by atoms with E-state index in [1.807, 2.05) is 18.2 Å². The van der Waals surface area contributed by atoms with Crippen molar-refractivity contribution in [1.82, 2.24) is 0 Å². The van der Waals surface area contributed by atoms with Gasteiger partial charge in [0.15, 0.2) is 0 Å². The van der Waals surface area contributed by atoms with Crippen LogP contribution in [0.1, 0.15) is 24.8 Å². The van der Waals surface area contributed by atoms with Crippen molar-refractivity contribution in [3.63, 3.8) is 0 Å². The summed E-state index contributed by atoms with van der Waals surface area (Å²) in [6.45, 7) is 1.11. The molecular weight excluding hydrogens is 198 g/mol. The van der Waals surface area contributed by atoms with Crippen molar-refractivity contribution in [1.29, 1.82) is 5.41 Å². The summed E-state index contributed by atoms with van der Waals surface area (Å²) >= 11 is 0. The summed E-state index contributed by atoms with van der Waals surface area (Å²) in [5.41, 5.74) is 7.44. The number of hydrogen-bond donors (Lipinski definition) is 2. The van der Waals surface area contributed by atoms with Crippen LogP contribution in [0.15, 0.2) is 24.3 Å². The van der Waals surface area contributed by atoms with E-state index >= 15 is 0 Å². The van der Waals surface area contributed by atoms with Crippen LogP contribution >= 0.6 is 0 Å². The van der Waals surface area contributed by atoms with E-state index in [1.54, 1.807) is 0 Å². The van der Waals surface area contributed by atoms with E-state index in [-0.39, 0.29) is 5.84 Å². The van der Waals surface area contributed by atoms with Gasteiger partial charge in [-0.15, -0.1) is 0 Å². The summed E-state index contributed by atoms with van der Waals surface area (Å²) in [4.78, 5) is 2.26. The number of nitrogens with two attached hydrogens (primary N) is 1. The van der Waals surface area contributed by atoms with Crippen LogP contribution in [-0.2, 0) is 0 Å². The van der Waals surface area contributed by atoms with Crippen LogP contribution in [0.2, 0.25) is 0 Å². The van der Waals surface area contributed by atoms with Gasteiger partial charge in [-0.05, 0) is 30.9 Å². The second kappa shape index (κ2) is 4.56. The molecule has 1 fully saturated rings. The van der Waals surface area contributed by atoms with Gasteiger partial charge >= 0.3 is 0 Å². The third-order valence-corrected chi connectivity index (χ3v) is 3.35. The van der Waals surface area contributed by atoms with E-state index in [1.165, 1.54) is 19.3 Å². The molecule has 1 aliphatic rings. The van der Waals surface area contributed by atoms with Crippen LogP contribution in [0.3, 0.4) is 0 Å². The molecule has 1 aromatic rings. The first-order valence-electron chi connectivity index (χ1n) is 5.82. The van der Waals surface area contributed by atoms with Gasteiger partial charge in [0.1, 0.15) is 5.84 Å². The third kappa shape index (κ3) is 2.35. The maximum absolute atomic E-state index is 7.42. The number of nitrogens with zero attached hydrogens (tertiary/aromatic N) is 1. The highest BCUT2D eigenvalue weighted by molar-refractivity contribution is 5.95. The summed E-state index contributed by atoms with van der Waals surface area (Å²) in [5.74, 6) is 0.991. The first-order valence-corrected chi connectivity index (χ1v) is 5.82. The molecule has 2 rings (SSSR count). The second-order valence-electron chi connectivity index (χ2n) is 4.64. The molecule has 0 saturated heterocycles. The Labute approximate surface area is 96.8 Å². The van der Waals surface area contributed by atoms with Crippen LogP contribution in [0, 0.1) is 11.3 Å². The Morgan fingerprint density at radius 1 is 1.50 bits per heavy atom. The first kappa shape index (κ1) is 11.0. The highest BCUT2D eigenvalue weighted by Gasteiger charge is 2.19. The summed E-state index contributed by atoms with van der Waals surface area (Å²) in [6, 6.07) is 7.90. The van der Waals surface area contributed by atoms with Crippen molar-refractivity contribution in [2.24, 2.45) is 11.7 Å². The fourth-order valence-corrected chi connectivity index (χ4v) is 2.08. The van der Waals surface area contributed by atoms with Gasteiger partial charge in [-0.3, -0.25) is 5.41 Å². The summed E-state index contributed by atoms with van der Waals surface area (Å²) < 4.78 is 0. The van der Waals surface area contributed by atoms with E-state index < -0.39 is 0 Å². The lowest BCUT2D eigenvalue weighted by Gasteiger charge is -2.31. The SMILES string of the molecule is CN(CC1CCC1)c1cccc(C(=N)N)c1. The van der Waals surface area contributed by atoms with Crippen molar-refractivity contribution >= 4 is 11.5 Å². The molecule has 0 unspecified atom stereocenters. The number of hydrogen-bond acceptors (Lipinski definition) is 2. The van der Waals surface area contributed by atoms with Gasteiger partial charge in [0.25, 0.3) is 0 Å². The summed E-state index contributed by atoms with van der Waals surface area (Å²) in [6.07, 6.45) is 4.10. The second-order valence-corrected chi connectivity index (χ2v) is 4.64. The van der Waals surface area contributed by atoms with Gasteiger partial charge in [-0.1, -0.05) is 18.6 Å². The maximum Gasteiger partial charge on any atom is 0.122 e. The van der Waals surface area contributed by atoms with Crippen molar-refractivity contribution in [2.45, 2.75) is 19.3 Å². The molecule has 0 heterocycles. The molecule has 0 amide bonds. The van der Waals surface area contributed by atoms with Crippen LogP contribution in [0.4, 0.5) is 5.69 Å². The lowest BCUT2D eigenvalue weighted by atomic mass is 9.85. The van der Waals surface area contributed by atoms with Crippen LogP contribution in [0.25, 0.3) is 0 Å². The Kier molecular flexibility index (Phi) is 3.13. The van der Waals surface area contributed by atoms with Crippen molar-refractivity contribution in [3.05, 3.63) is 29.8 Å². The largest absolute Gasteiger partial charge is 0.384 e. The summed E-state index contributed by atoms with van der Waals surface area (Å²) in [5, 5.41) is 7.42. The van der Waals surface area contributed by atoms with E-state index in [4.69, 9.17) is 11.1 Å². The maximum atomic E-state index is 7.42. The Hall–Kier alpha value is -1.51. The molecule has 1 aliphatic carbocycles. The lowest BCUT2D eigenvalue weighted by Crippen LogP contribution is -2.29. The van der Waals surface area contributed by atoms with Crippen molar-refractivity contribution in [3.8, 4) is 0 Å². The zero-order chi connectivity index (χ0) is 11.5. The van der Waals surface area contributed by atoms with Crippen LogP contribution in [0.5, 0.6) is 0 Å². The normalized spacial score (nSPS) is 15.6. The number of benzene rings is 1. The smallest absolute Gasteiger partial charge is 0.122 e. The minimum atomic E-state index is 0.138. The number of nitrogen functional groups attached to an aromatic ring is 1. The molecule has 0 radical (unpaired) electrons. The molecule has 16 heavy (non-hydrogen) atoms. The fourth-order valence-electron chi connectivity index (χ4n) is 2.08. The standard InChI is InChI=1S/C13H19N3/c1-16(9-10-4-2-5-10)12-7-3-6-11(8-12)13(14)15/h3,6-8,10H,2,4-5,9H2,1H3,(H3,14,15). The number of nitrogens with one attached hydrogen (secondary N) is 1. The molecular formula is C13H19N3. The average Bonchev–Trinajstić information content (AvgIpc) is 2.23. The summed E-state index contributed by atoms with van der Waals surface area (Å²) in [7, 11) is 2.11. The van der Waals surface area contributed by atoms with Crippen molar-refractivity contribution in [2.75, 3.05) is 18.5 Å². The quantitative estimate of drug-likeness (QED) is 0.600. The zero-order valence-electron chi connectivity index (χ0n) is 9.74. The molecule has 3 nitrogen and oxygen atoms in total. The predicted octanol–water partition coefficient (Wildman–Crippen LogP) is 2.21. The highest BCUT2D eigenvalue weighted by atomic mass is 15.1. The Morgan fingerprint density at radius 3 is 2.81 bits per heavy atom. The zero-order valence-corrected chi connectivity index (χ0v) is 9.74. The first-order chi connectivity index (χ1) is 7.66. The molecule has 86 valence electrons. The van der Waals surface area contributed by atoms with Gasteiger partial charge in [-0.2, -0.15) is 0 Å². The van der Waals surface area contributed by atoms with Gasteiger partial charge in [-0.25, -0.2) is 0 Å². The molecule has 1 saturated carbocycles. The Morgan fingerprint density at radius 2 is 2.25 bits per heavy atom. The van der Waals surface area contributed by atoms with Gasteiger partial charge in [0.2, 0.25) is 0 Å². The fraction of sp³-hybridized carbons (Fsp3) is 0.462. The van der Waals surface area contributed by atoms with E-state index in [2.05, 4.69) is 18.0 Å². The molecule has 0 spiro atoms. The molecule has 3 heteroatoms. The van der Waals surface area contributed by atoms with Crippen LogP contribution < -0.4 is 10.6 Å². The molecule has 3 N–H and O–H groups in total. The van der Waals surface area contributed by atoms with E-state index in [0.29, 0.717) is 0 Å². The predicted molar refractivity (Wildman–Crippen MR) is 68.1 cm³/mol. The van der Waals surface area contributed by atoms with E-state index in [0.717, 1.165) is 23.7 Å². The topological polar surface area (TPSA) is 53.1 Å². The van der Waals surface area contributed by atoms with Gasteiger partial charge < -0.3 is 10.6 Å². The van der Waals surface area contributed by atoms with Gasteiger partial charge in [0.05, 0.1) is 0 Å². The van der Waals surface area contributed by atoms with Crippen molar-refractivity contribution < 1.29 is 0 Å². The molecule has 1 aromatic carbocycles. The number of rotatable bonds is 4. The Balaban J connectivity index is 2.06. The Bertz CT molecular complexity index is 383. The monoisotopic (exact) mass is 217 g/mol. The molecule has 0 atom stereocenters. The highest BCUT2D eigenvalue weighted by Crippen LogP contribution is 2.28. The number of amidine groups is 1. The minimum Gasteiger partial charge on any atom is -0.384 e. The lowest BCUT2D eigenvalue weighted by molar-refractivity contribution is 0.321. The number of anilines is 1. The van der Waals surface area contributed by atoms with Gasteiger partial charge in [0, 0.05) is 24.8 Å². The minimum absolute atomic E-state index is 0.138.